The summed E-state index contributed by atoms with van der Waals surface area (Å²) in [4.78, 5) is 13.1. The second-order valence-electron chi connectivity index (χ2n) is 6.30. The zero-order valence-corrected chi connectivity index (χ0v) is 12.4. The van der Waals surface area contributed by atoms with Gasteiger partial charge < -0.3 is 4.74 Å². The minimum Gasteiger partial charge on any atom is -0.370 e. The monoisotopic (exact) mass is 272 g/mol. The molecule has 2 heteroatoms. The van der Waals surface area contributed by atoms with Gasteiger partial charge in [0.05, 0.1) is 0 Å². The number of carbonyl (C=O) groups excluding carboxylic acids is 1. The van der Waals surface area contributed by atoms with E-state index < -0.39 is 5.60 Å². The van der Waals surface area contributed by atoms with Crippen molar-refractivity contribution in [3.63, 3.8) is 0 Å². The van der Waals surface area contributed by atoms with Crippen molar-refractivity contribution in [2.24, 2.45) is 0 Å². The summed E-state index contributed by atoms with van der Waals surface area (Å²) < 4.78 is 5.73. The van der Waals surface area contributed by atoms with Crippen molar-refractivity contribution < 1.29 is 9.53 Å². The lowest BCUT2D eigenvalue weighted by molar-refractivity contribution is -0.0195. The maximum absolute atomic E-state index is 13.1. The molecule has 2 aliphatic rings. The average Bonchev–Trinajstić information content (AvgIpc) is 2.46. The molecule has 0 spiro atoms. The number of ketones is 1. The van der Waals surface area contributed by atoms with Gasteiger partial charge in [-0.3, -0.25) is 4.79 Å². The molecule has 0 unspecified atom stereocenters. The van der Waals surface area contributed by atoms with E-state index in [-0.39, 0.29) is 5.78 Å². The number of hydrogen-bond acceptors (Lipinski definition) is 2. The first-order valence-corrected chi connectivity index (χ1v) is 7.96. The van der Waals surface area contributed by atoms with E-state index in [1.807, 2.05) is 12.1 Å². The number of ether oxygens (including phenoxy) is 1. The molecular formula is C18H24O2. The van der Waals surface area contributed by atoms with Crippen LogP contribution in [0.25, 0.3) is 0 Å². The summed E-state index contributed by atoms with van der Waals surface area (Å²) in [5, 5.41) is 0. The van der Waals surface area contributed by atoms with Crippen LogP contribution in [0.2, 0.25) is 0 Å². The first kappa shape index (κ1) is 13.8. The smallest absolute Gasteiger partial charge is 0.194 e. The topological polar surface area (TPSA) is 26.3 Å². The fourth-order valence-electron chi connectivity index (χ4n) is 3.67. The van der Waals surface area contributed by atoms with Crippen LogP contribution in [0, 0.1) is 0 Å². The van der Waals surface area contributed by atoms with Gasteiger partial charge >= 0.3 is 0 Å². The predicted octanol–water partition coefficient (Wildman–Crippen LogP) is 4.49. The van der Waals surface area contributed by atoms with Gasteiger partial charge in [0.2, 0.25) is 0 Å². The van der Waals surface area contributed by atoms with Crippen molar-refractivity contribution in [1.82, 2.24) is 0 Å². The van der Waals surface area contributed by atoms with Crippen LogP contribution in [0.4, 0.5) is 0 Å². The molecule has 0 atom stereocenters. The Morgan fingerprint density at radius 3 is 2.40 bits per heavy atom. The molecule has 1 aromatic rings. The van der Waals surface area contributed by atoms with Gasteiger partial charge in [-0.25, -0.2) is 0 Å². The number of rotatable bonds is 4. The van der Waals surface area contributed by atoms with Crippen molar-refractivity contribution in [2.75, 3.05) is 7.11 Å². The Bertz CT molecular complexity index is 482. The summed E-state index contributed by atoms with van der Waals surface area (Å²) >= 11 is 0. The Morgan fingerprint density at radius 2 is 1.80 bits per heavy atom. The van der Waals surface area contributed by atoms with Crippen LogP contribution in [-0.4, -0.2) is 18.5 Å². The molecule has 0 N–H and O–H groups in total. The number of Topliss-reactive ketones (excluding diaryl/α,β-unsaturated/α-hetero) is 1. The van der Waals surface area contributed by atoms with Gasteiger partial charge in [0.1, 0.15) is 5.60 Å². The molecule has 2 aliphatic carbocycles. The molecule has 1 aromatic carbocycles. The number of hydrogen-bond donors (Lipinski definition) is 0. The Morgan fingerprint density at radius 1 is 1.10 bits per heavy atom. The number of carbonyl (C=O) groups is 1. The molecule has 0 saturated heterocycles. The van der Waals surface area contributed by atoms with E-state index in [0.717, 1.165) is 31.2 Å². The summed E-state index contributed by atoms with van der Waals surface area (Å²) in [6, 6.07) is 8.20. The third kappa shape index (κ3) is 2.31. The van der Waals surface area contributed by atoms with Crippen molar-refractivity contribution in [1.29, 1.82) is 0 Å². The maximum atomic E-state index is 13.1. The predicted molar refractivity (Wildman–Crippen MR) is 80.2 cm³/mol. The number of benzene rings is 1. The normalized spacial score (nSPS) is 22.2. The highest BCUT2D eigenvalue weighted by atomic mass is 16.5. The van der Waals surface area contributed by atoms with Crippen molar-refractivity contribution in [3.05, 3.63) is 35.4 Å². The van der Waals surface area contributed by atoms with Crippen molar-refractivity contribution in [2.45, 2.75) is 62.9 Å². The number of methoxy groups -OCH3 is 1. The van der Waals surface area contributed by atoms with E-state index >= 15 is 0 Å². The molecule has 3 rings (SSSR count). The van der Waals surface area contributed by atoms with E-state index in [0.29, 0.717) is 5.92 Å². The maximum Gasteiger partial charge on any atom is 0.194 e. The zero-order chi connectivity index (χ0) is 14.0. The quantitative estimate of drug-likeness (QED) is 0.755. The summed E-state index contributed by atoms with van der Waals surface area (Å²) in [6.07, 6.45) is 8.93. The summed E-state index contributed by atoms with van der Waals surface area (Å²) in [7, 11) is 1.70. The van der Waals surface area contributed by atoms with E-state index in [1.54, 1.807) is 7.11 Å². The second-order valence-corrected chi connectivity index (χ2v) is 6.30. The van der Waals surface area contributed by atoms with Gasteiger partial charge in [-0.2, -0.15) is 0 Å². The first-order valence-electron chi connectivity index (χ1n) is 7.96. The lowest BCUT2D eigenvalue weighted by Crippen LogP contribution is -2.43. The minimum atomic E-state index is -0.557. The molecule has 20 heavy (non-hydrogen) atoms. The van der Waals surface area contributed by atoms with E-state index in [4.69, 9.17) is 4.74 Å². The van der Waals surface area contributed by atoms with Gasteiger partial charge in [-0.05, 0) is 37.2 Å². The van der Waals surface area contributed by atoms with Crippen molar-refractivity contribution in [3.8, 4) is 0 Å². The lowest BCUT2D eigenvalue weighted by atomic mass is 9.73. The Hall–Kier alpha value is -1.15. The Balaban J connectivity index is 1.93. The molecule has 0 heterocycles. The third-order valence-corrected chi connectivity index (χ3v) is 5.22. The van der Waals surface area contributed by atoms with E-state index in [2.05, 4.69) is 12.1 Å². The highest BCUT2D eigenvalue weighted by Gasteiger charge is 2.41. The summed E-state index contributed by atoms with van der Waals surface area (Å²) in [5.41, 5.74) is 1.62. The largest absolute Gasteiger partial charge is 0.370 e. The second kappa shape index (κ2) is 5.69. The Kier molecular flexibility index (Phi) is 3.93. The van der Waals surface area contributed by atoms with Gasteiger partial charge in [0.15, 0.2) is 5.78 Å². The molecular weight excluding hydrogens is 248 g/mol. The molecule has 108 valence electrons. The molecule has 2 saturated carbocycles. The van der Waals surface area contributed by atoms with Crippen LogP contribution < -0.4 is 0 Å². The highest BCUT2D eigenvalue weighted by molar-refractivity contribution is 6.04. The van der Waals surface area contributed by atoms with Crippen molar-refractivity contribution >= 4 is 5.78 Å². The van der Waals surface area contributed by atoms with Gasteiger partial charge in [-0.1, -0.05) is 49.9 Å². The average molecular weight is 272 g/mol. The van der Waals surface area contributed by atoms with Crippen LogP contribution in [0.3, 0.4) is 0 Å². The molecule has 0 aromatic heterocycles. The van der Waals surface area contributed by atoms with Gasteiger partial charge in [-0.15, -0.1) is 0 Å². The summed E-state index contributed by atoms with van der Waals surface area (Å²) in [5.74, 6) is 0.815. The molecule has 0 bridgehead atoms. The van der Waals surface area contributed by atoms with Crippen LogP contribution in [0.1, 0.15) is 73.2 Å². The lowest BCUT2D eigenvalue weighted by Gasteiger charge is -2.36. The molecule has 0 amide bonds. The Labute approximate surface area is 121 Å². The molecule has 2 fully saturated rings. The third-order valence-electron chi connectivity index (χ3n) is 5.22. The standard InChI is InChI=1S/C18H24O2/c1-20-18(12-5-2-6-13-18)17(19)16-11-4-3-10-15(16)14-8-7-9-14/h3-4,10-11,14H,2,5-9,12-13H2,1H3. The van der Waals surface area contributed by atoms with Crippen LogP contribution >= 0.6 is 0 Å². The van der Waals surface area contributed by atoms with Crippen LogP contribution in [0.5, 0.6) is 0 Å². The molecule has 2 nitrogen and oxygen atoms in total. The first-order chi connectivity index (χ1) is 9.77. The molecule has 0 radical (unpaired) electrons. The van der Waals surface area contributed by atoms with Gasteiger partial charge in [0, 0.05) is 12.7 Å². The van der Waals surface area contributed by atoms with Gasteiger partial charge in [0.25, 0.3) is 0 Å². The summed E-state index contributed by atoms with van der Waals surface area (Å²) in [6.45, 7) is 0. The molecule has 0 aliphatic heterocycles. The zero-order valence-electron chi connectivity index (χ0n) is 12.4. The SMILES string of the molecule is COC1(C(=O)c2ccccc2C2CCC2)CCCCC1. The fourth-order valence-corrected chi connectivity index (χ4v) is 3.67. The highest BCUT2D eigenvalue weighted by Crippen LogP contribution is 2.41. The fraction of sp³-hybridized carbons (Fsp3) is 0.611. The van der Waals surface area contributed by atoms with E-state index in [9.17, 15) is 4.79 Å². The van der Waals surface area contributed by atoms with Crippen LogP contribution in [0.15, 0.2) is 24.3 Å². The van der Waals surface area contributed by atoms with Crippen LogP contribution in [-0.2, 0) is 4.74 Å². The van der Waals surface area contributed by atoms with E-state index in [1.165, 1.54) is 31.2 Å². The minimum absolute atomic E-state index is 0.224.